The number of rotatable bonds is 6. The van der Waals surface area contributed by atoms with Crippen molar-refractivity contribution in [2.75, 3.05) is 5.32 Å². The Morgan fingerprint density at radius 3 is 2.19 bits per heavy atom. The lowest BCUT2D eigenvalue weighted by Crippen LogP contribution is -2.30. The lowest BCUT2D eigenvalue weighted by Gasteiger charge is -2.18. The molecule has 2 aromatic rings. The van der Waals surface area contributed by atoms with Gasteiger partial charge in [-0.2, -0.15) is 0 Å². The Bertz CT molecular complexity index is 742. The normalized spacial score (nSPS) is 12.6. The van der Waals surface area contributed by atoms with Crippen molar-refractivity contribution in [3.63, 3.8) is 0 Å². The maximum absolute atomic E-state index is 12.3. The van der Waals surface area contributed by atoms with Crippen molar-refractivity contribution in [1.82, 2.24) is 0 Å². The van der Waals surface area contributed by atoms with E-state index in [9.17, 15) is 18.0 Å². The predicted octanol–water partition coefficient (Wildman–Crippen LogP) is 5.11. The van der Waals surface area contributed by atoms with E-state index in [2.05, 4.69) is 10.1 Å². The number of hydrogen-bond acceptors (Lipinski definition) is 3. The summed E-state index contributed by atoms with van der Waals surface area (Å²) in [5, 5.41) is 2.60. The molecule has 26 heavy (non-hydrogen) atoms. The summed E-state index contributed by atoms with van der Waals surface area (Å²) in [5.74, 6) is 0.0976. The average molecular weight is 367 g/mol. The van der Waals surface area contributed by atoms with Gasteiger partial charge in [0.2, 0.25) is 0 Å². The summed E-state index contributed by atoms with van der Waals surface area (Å²) < 4.78 is 46.0. The summed E-state index contributed by atoms with van der Waals surface area (Å²) >= 11 is 0. The summed E-state index contributed by atoms with van der Waals surface area (Å²) in [7, 11) is 0. The molecule has 0 aliphatic rings. The van der Waals surface area contributed by atoms with Crippen LogP contribution in [0.25, 0.3) is 0 Å². The fourth-order valence-electron chi connectivity index (χ4n) is 2.29. The number of nitrogens with one attached hydrogen (secondary N) is 1. The molecule has 0 fully saturated rings. The minimum absolute atomic E-state index is 0.239. The van der Waals surface area contributed by atoms with Crippen LogP contribution in [-0.4, -0.2) is 18.4 Å². The highest BCUT2D eigenvalue weighted by Gasteiger charge is 2.31. The molecule has 0 bridgehead atoms. The second-order valence-electron chi connectivity index (χ2n) is 6.01. The van der Waals surface area contributed by atoms with Gasteiger partial charge in [0.05, 0.1) is 0 Å². The highest BCUT2D eigenvalue weighted by atomic mass is 19.4. The van der Waals surface area contributed by atoms with Gasteiger partial charge < -0.3 is 14.8 Å². The smallest absolute Gasteiger partial charge is 0.481 e. The molecule has 0 unspecified atom stereocenters. The van der Waals surface area contributed by atoms with E-state index < -0.39 is 18.4 Å². The SMILES string of the molecule is CC(C)c1ccccc1O[C@@H](C)C(=O)Nc1ccc(OC(F)(F)F)cc1. The molecule has 0 heterocycles. The van der Waals surface area contributed by atoms with Gasteiger partial charge in [0.1, 0.15) is 11.5 Å². The zero-order chi connectivity index (χ0) is 19.3. The zero-order valence-electron chi connectivity index (χ0n) is 14.6. The van der Waals surface area contributed by atoms with E-state index >= 15 is 0 Å². The number of benzene rings is 2. The largest absolute Gasteiger partial charge is 0.573 e. The second kappa shape index (κ2) is 8.12. The van der Waals surface area contributed by atoms with E-state index in [4.69, 9.17) is 4.74 Å². The average Bonchev–Trinajstić information content (AvgIpc) is 2.55. The van der Waals surface area contributed by atoms with Crippen LogP contribution >= 0.6 is 0 Å². The van der Waals surface area contributed by atoms with Crippen molar-refractivity contribution in [3.8, 4) is 11.5 Å². The van der Waals surface area contributed by atoms with Gasteiger partial charge in [-0.1, -0.05) is 32.0 Å². The van der Waals surface area contributed by atoms with E-state index in [0.29, 0.717) is 11.4 Å². The molecule has 7 heteroatoms. The van der Waals surface area contributed by atoms with E-state index in [0.717, 1.165) is 17.7 Å². The Morgan fingerprint density at radius 2 is 1.62 bits per heavy atom. The van der Waals surface area contributed by atoms with Crippen LogP contribution in [0.2, 0.25) is 0 Å². The summed E-state index contributed by atoms with van der Waals surface area (Å²) in [4.78, 5) is 12.3. The first-order chi connectivity index (χ1) is 12.2. The number of carbonyl (C=O) groups excluding carboxylic acids is 1. The van der Waals surface area contributed by atoms with E-state index in [1.165, 1.54) is 12.1 Å². The number of alkyl halides is 3. The van der Waals surface area contributed by atoms with Crippen molar-refractivity contribution < 1.29 is 27.4 Å². The number of amides is 1. The van der Waals surface area contributed by atoms with Gasteiger partial charge in [-0.15, -0.1) is 13.2 Å². The molecule has 0 saturated carbocycles. The molecule has 140 valence electrons. The highest BCUT2D eigenvalue weighted by molar-refractivity contribution is 5.94. The van der Waals surface area contributed by atoms with Crippen molar-refractivity contribution in [2.45, 2.75) is 39.2 Å². The number of ether oxygens (including phenoxy) is 2. The maximum atomic E-state index is 12.3. The molecule has 0 saturated heterocycles. The zero-order valence-corrected chi connectivity index (χ0v) is 14.6. The third-order valence-corrected chi connectivity index (χ3v) is 3.57. The quantitative estimate of drug-likeness (QED) is 0.771. The van der Waals surface area contributed by atoms with Crippen LogP contribution in [0, 0.1) is 0 Å². The molecule has 2 aromatic carbocycles. The van der Waals surface area contributed by atoms with Gasteiger partial charge in [-0.3, -0.25) is 4.79 Å². The van der Waals surface area contributed by atoms with Crippen LogP contribution in [0.1, 0.15) is 32.3 Å². The molecule has 2 rings (SSSR count). The number of halogens is 3. The Hall–Kier alpha value is -2.70. The second-order valence-corrected chi connectivity index (χ2v) is 6.01. The minimum Gasteiger partial charge on any atom is -0.481 e. The lowest BCUT2D eigenvalue weighted by molar-refractivity contribution is -0.274. The topological polar surface area (TPSA) is 47.6 Å². The van der Waals surface area contributed by atoms with Crippen molar-refractivity contribution in [2.24, 2.45) is 0 Å². The molecule has 1 amide bonds. The molecule has 0 aliphatic carbocycles. The Labute approximate surface area is 149 Å². The Balaban J connectivity index is 1.99. The van der Waals surface area contributed by atoms with Crippen molar-refractivity contribution in [3.05, 3.63) is 54.1 Å². The highest BCUT2D eigenvalue weighted by Crippen LogP contribution is 2.27. The predicted molar refractivity (Wildman–Crippen MR) is 92.4 cm³/mol. The summed E-state index contributed by atoms with van der Waals surface area (Å²) in [5.41, 5.74) is 1.33. The van der Waals surface area contributed by atoms with Crippen molar-refractivity contribution >= 4 is 11.6 Å². The molecule has 0 aliphatic heterocycles. The first-order valence-electron chi connectivity index (χ1n) is 8.08. The molecule has 0 aromatic heterocycles. The van der Waals surface area contributed by atoms with E-state index in [-0.39, 0.29) is 11.7 Å². The van der Waals surface area contributed by atoms with Gasteiger partial charge >= 0.3 is 6.36 Å². The first kappa shape index (κ1) is 19.6. The monoisotopic (exact) mass is 367 g/mol. The number of carbonyl (C=O) groups is 1. The molecular weight excluding hydrogens is 347 g/mol. The van der Waals surface area contributed by atoms with E-state index in [1.807, 2.05) is 32.0 Å². The Kier molecular flexibility index (Phi) is 6.13. The van der Waals surface area contributed by atoms with Gasteiger partial charge in [0, 0.05) is 5.69 Å². The fourth-order valence-corrected chi connectivity index (χ4v) is 2.29. The molecule has 1 N–H and O–H groups in total. The summed E-state index contributed by atoms with van der Waals surface area (Å²) in [6, 6.07) is 12.4. The standard InChI is InChI=1S/C19H20F3NO3/c1-12(2)16-6-4-5-7-17(16)25-13(3)18(24)23-14-8-10-15(11-9-14)26-19(20,21)22/h4-13H,1-3H3,(H,23,24)/t13-/m0/s1. The number of para-hydroxylation sites is 1. The van der Waals surface area contributed by atoms with Crippen LogP contribution in [0.4, 0.5) is 18.9 Å². The Morgan fingerprint density at radius 1 is 1.00 bits per heavy atom. The lowest BCUT2D eigenvalue weighted by atomic mass is 10.0. The van der Waals surface area contributed by atoms with Gasteiger partial charge in [-0.05, 0) is 48.7 Å². The minimum atomic E-state index is -4.75. The van der Waals surface area contributed by atoms with Crippen LogP contribution in [0.5, 0.6) is 11.5 Å². The van der Waals surface area contributed by atoms with Crippen molar-refractivity contribution in [1.29, 1.82) is 0 Å². The van der Waals surface area contributed by atoms with Crippen LogP contribution in [0.15, 0.2) is 48.5 Å². The third kappa shape index (κ3) is 5.68. The molecule has 4 nitrogen and oxygen atoms in total. The summed E-state index contributed by atoms with van der Waals surface area (Å²) in [6.45, 7) is 5.66. The molecule has 0 radical (unpaired) electrons. The van der Waals surface area contributed by atoms with Gasteiger partial charge in [0.15, 0.2) is 6.10 Å². The van der Waals surface area contributed by atoms with Crippen LogP contribution < -0.4 is 14.8 Å². The first-order valence-corrected chi connectivity index (χ1v) is 8.08. The fraction of sp³-hybridized carbons (Fsp3) is 0.316. The third-order valence-electron chi connectivity index (χ3n) is 3.57. The number of anilines is 1. The maximum Gasteiger partial charge on any atom is 0.573 e. The van der Waals surface area contributed by atoms with Crippen LogP contribution in [-0.2, 0) is 4.79 Å². The van der Waals surface area contributed by atoms with E-state index in [1.54, 1.807) is 13.0 Å². The van der Waals surface area contributed by atoms with Gasteiger partial charge in [-0.25, -0.2) is 0 Å². The summed E-state index contributed by atoms with van der Waals surface area (Å²) in [6.07, 6.45) is -5.53. The molecular formula is C19H20F3NO3. The molecule has 0 spiro atoms. The number of hydrogen-bond donors (Lipinski definition) is 1. The van der Waals surface area contributed by atoms with Crippen LogP contribution in [0.3, 0.4) is 0 Å². The molecule has 1 atom stereocenters. The van der Waals surface area contributed by atoms with Gasteiger partial charge in [0.25, 0.3) is 5.91 Å².